The normalized spacial score (nSPS) is 11.4. The number of imidazole rings is 1. The lowest BCUT2D eigenvalue weighted by Crippen LogP contribution is -2.21. The summed E-state index contributed by atoms with van der Waals surface area (Å²) in [6.45, 7) is 4.06. The minimum absolute atomic E-state index is 0.173. The number of aliphatic carboxylic acids is 1. The largest absolute Gasteiger partial charge is 0.491 e. The van der Waals surface area contributed by atoms with Gasteiger partial charge in [0.1, 0.15) is 11.4 Å². The minimum Gasteiger partial charge on any atom is -0.491 e. The fourth-order valence-corrected chi connectivity index (χ4v) is 3.62. The van der Waals surface area contributed by atoms with Crippen LogP contribution in [0.1, 0.15) is 13.8 Å². The van der Waals surface area contributed by atoms with Crippen LogP contribution in [0.2, 0.25) is 0 Å². The molecule has 0 fully saturated rings. The number of halogens is 3. The molecule has 36 heavy (non-hydrogen) atoms. The van der Waals surface area contributed by atoms with Gasteiger partial charge in [-0.25, -0.2) is 9.78 Å². The Bertz CT molecular complexity index is 1510. The number of carbonyl (C=O) groups is 1. The van der Waals surface area contributed by atoms with Crippen LogP contribution in [0.5, 0.6) is 5.75 Å². The molecule has 5 rings (SSSR count). The van der Waals surface area contributed by atoms with Crippen molar-refractivity contribution in [3.63, 3.8) is 0 Å². The zero-order chi connectivity index (χ0) is 25.9. The van der Waals surface area contributed by atoms with Gasteiger partial charge in [-0.1, -0.05) is 24.3 Å². The predicted octanol–water partition coefficient (Wildman–Crippen LogP) is 6.64. The fourth-order valence-electron chi connectivity index (χ4n) is 3.62. The highest BCUT2D eigenvalue weighted by Crippen LogP contribution is 2.28. The van der Waals surface area contributed by atoms with Crippen LogP contribution in [-0.4, -0.2) is 37.7 Å². The van der Waals surface area contributed by atoms with Gasteiger partial charge in [-0.2, -0.15) is 13.2 Å². The summed E-state index contributed by atoms with van der Waals surface area (Å²) in [4.78, 5) is 17.8. The van der Waals surface area contributed by atoms with Crippen LogP contribution >= 0.6 is 0 Å². The van der Waals surface area contributed by atoms with E-state index >= 15 is 0 Å². The molecule has 0 saturated carbocycles. The number of benzene rings is 2. The number of carboxylic acids is 1. The molecule has 9 heteroatoms. The van der Waals surface area contributed by atoms with Crippen molar-refractivity contribution in [3.05, 3.63) is 85.5 Å². The summed E-state index contributed by atoms with van der Waals surface area (Å²) in [5.41, 5.74) is 5.39. The average molecular weight is 493 g/mol. The van der Waals surface area contributed by atoms with Gasteiger partial charge in [-0.3, -0.25) is 9.38 Å². The first-order valence-electron chi connectivity index (χ1n) is 11.0. The predicted molar refractivity (Wildman–Crippen MR) is 131 cm³/mol. The van der Waals surface area contributed by atoms with Gasteiger partial charge in [-0.15, -0.1) is 0 Å². The summed E-state index contributed by atoms with van der Waals surface area (Å²) < 4.78 is 39.6. The molecule has 6 nitrogen and oxygen atoms in total. The monoisotopic (exact) mass is 493 g/mol. The van der Waals surface area contributed by atoms with Gasteiger partial charge in [0.2, 0.25) is 0 Å². The zero-order valence-corrected chi connectivity index (χ0v) is 19.4. The molecule has 184 valence electrons. The molecule has 0 atom stereocenters. The molecule has 2 aromatic carbocycles. The van der Waals surface area contributed by atoms with Gasteiger partial charge in [0.25, 0.3) is 0 Å². The highest BCUT2D eigenvalue weighted by Gasteiger charge is 2.38. The van der Waals surface area contributed by atoms with E-state index in [1.165, 1.54) is 5.39 Å². The maximum absolute atomic E-state index is 10.6. The van der Waals surface area contributed by atoms with E-state index < -0.39 is 12.1 Å². The number of pyridine rings is 2. The maximum atomic E-state index is 10.6. The molecule has 0 radical (unpaired) electrons. The number of hydrogen-bond acceptors (Lipinski definition) is 4. The Hall–Kier alpha value is -4.40. The van der Waals surface area contributed by atoms with E-state index in [1.54, 1.807) is 0 Å². The smallest absolute Gasteiger partial charge is 0.490 e. The summed E-state index contributed by atoms with van der Waals surface area (Å²) in [5.74, 6) is -1.87. The van der Waals surface area contributed by atoms with Gasteiger partial charge in [0, 0.05) is 29.5 Å². The second-order valence-corrected chi connectivity index (χ2v) is 8.22. The summed E-state index contributed by atoms with van der Waals surface area (Å²) in [7, 11) is 0. The highest BCUT2D eigenvalue weighted by atomic mass is 19.4. The third-order valence-corrected chi connectivity index (χ3v) is 5.25. The summed E-state index contributed by atoms with van der Waals surface area (Å²) >= 11 is 0. The van der Waals surface area contributed by atoms with Crippen molar-refractivity contribution in [2.75, 3.05) is 0 Å². The Morgan fingerprint density at radius 3 is 2.28 bits per heavy atom. The van der Waals surface area contributed by atoms with E-state index in [1.807, 2.05) is 50.6 Å². The Balaban J connectivity index is 0.000000384. The molecule has 0 unspecified atom stereocenters. The number of alkyl halides is 3. The van der Waals surface area contributed by atoms with E-state index in [0.29, 0.717) is 0 Å². The second kappa shape index (κ2) is 10.1. The first kappa shape index (κ1) is 24.7. The number of hydrogen-bond donors (Lipinski definition) is 1. The molecule has 0 spiro atoms. The Morgan fingerprint density at radius 2 is 1.61 bits per heavy atom. The highest BCUT2D eigenvalue weighted by molar-refractivity contribution is 5.86. The van der Waals surface area contributed by atoms with Crippen LogP contribution < -0.4 is 4.74 Å². The molecule has 0 amide bonds. The number of nitrogens with zero attached hydrogens (tertiary/aromatic N) is 3. The maximum Gasteiger partial charge on any atom is 0.490 e. The van der Waals surface area contributed by atoms with E-state index in [9.17, 15) is 13.2 Å². The van der Waals surface area contributed by atoms with Crippen LogP contribution in [0.25, 0.3) is 38.8 Å². The van der Waals surface area contributed by atoms with Gasteiger partial charge in [0.15, 0.2) is 0 Å². The Kier molecular flexibility index (Phi) is 6.91. The molecule has 3 heterocycles. The van der Waals surface area contributed by atoms with Gasteiger partial charge in [0.05, 0.1) is 18.0 Å². The van der Waals surface area contributed by atoms with Crippen LogP contribution in [-0.2, 0) is 4.79 Å². The third kappa shape index (κ3) is 5.63. The molecule has 5 aromatic rings. The number of aromatic nitrogens is 3. The minimum atomic E-state index is -5.08. The molecular weight excluding hydrogens is 471 g/mol. The Morgan fingerprint density at radius 1 is 0.917 bits per heavy atom. The van der Waals surface area contributed by atoms with E-state index in [0.717, 1.165) is 39.2 Å². The van der Waals surface area contributed by atoms with Gasteiger partial charge in [-0.05, 0) is 66.8 Å². The van der Waals surface area contributed by atoms with E-state index in [2.05, 4.69) is 63.0 Å². The molecule has 0 aliphatic rings. The van der Waals surface area contributed by atoms with Crippen molar-refractivity contribution in [1.82, 2.24) is 14.4 Å². The number of rotatable bonds is 4. The van der Waals surface area contributed by atoms with Crippen molar-refractivity contribution < 1.29 is 27.8 Å². The van der Waals surface area contributed by atoms with E-state index in [-0.39, 0.29) is 6.10 Å². The van der Waals surface area contributed by atoms with Gasteiger partial charge < -0.3 is 9.84 Å². The lowest BCUT2D eigenvalue weighted by atomic mass is 10.1. The first-order valence-corrected chi connectivity index (χ1v) is 11.0. The van der Waals surface area contributed by atoms with Crippen molar-refractivity contribution in [2.24, 2.45) is 0 Å². The van der Waals surface area contributed by atoms with Crippen molar-refractivity contribution in [2.45, 2.75) is 26.1 Å². The Labute approximate surface area is 204 Å². The average Bonchev–Trinajstić information content (AvgIpc) is 3.27. The second-order valence-electron chi connectivity index (χ2n) is 8.22. The lowest BCUT2D eigenvalue weighted by molar-refractivity contribution is -0.192. The standard InChI is InChI=1S/C25H21N3O.C2HF3O2/c1-17(2)29-23-7-5-18(6-8-23)20-10-12-28-24(16-27-25(28)14-20)21-4-3-19-9-11-26-15-22(19)13-21;3-2(4,5)1(6)7/h3-17H,1-2H3;(H,6,7). The first-order chi connectivity index (χ1) is 17.1. The van der Waals surface area contributed by atoms with Crippen LogP contribution in [0.3, 0.4) is 0 Å². The molecule has 1 N–H and O–H groups in total. The molecule has 0 bridgehead atoms. The summed E-state index contributed by atoms with van der Waals surface area (Å²) in [6.07, 6.45) is 2.81. The van der Waals surface area contributed by atoms with E-state index in [4.69, 9.17) is 14.6 Å². The number of carboxylic acid groups (broad SMARTS) is 1. The van der Waals surface area contributed by atoms with Crippen molar-refractivity contribution >= 4 is 22.4 Å². The third-order valence-electron chi connectivity index (χ3n) is 5.25. The topological polar surface area (TPSA) is 76.7 Å². The molecule has 0 saturated heterocycles. The molecular formula is C27H22F3N3O3. The zero-order valence-electron chi connectivity index (χ0n) is 19.4. The molecule has 3 aromatic heterocycles. The molecule has 0 aliphatic carbocycles. The van der Waals surface area contributed by atoms with Gasteiger partial charge >= 0.3 is 12.1 Å². The summed E-state index contributed by atoms with van der Waals surface area (Å²) in [6, 6.07) is 20.9. The van der Waals surface area contributed by atoms with Crippen LogP contribution in [0.4, 0.5) is 13.2 Å². The fraction of sp³-hybridized carbons (Fsp3) is 0.148. The summed E-state index contributed by atoms with van der Waals surface area (Å²) in [5, 5.41) is 9.44. The quantitative estimate of drug-likeness (QED) is 0.304. The van der Waals surface area contributed by atoms with Crippen molar-refractivity contribution in [3.8, 4) is 28.1 Å². The lowest BCUT2D eigenvalue weighted by Gasteiger charge is -2.10. The SMILES string of the molecule is CC(C)Oc1ccc(-c2ccn3c(-c4ccc5ccncc5c4)cnc3c2)cc1.O=C(O)C(F)(F)F. The van der Waals surface area contributed by atoms with Crippen molar-refractivity contribution in [1.29, 1.82) is 0 Å². The number of ether oxygens (including phenoxy) is 1. The number of fused-ring (bicyclic) bond motifs is 2. The molecule has 0 aliphatic heterocycles. The van der Waals surface area contributed by atoms with Crippen LogP contribution in [0.15, 0.2) is 85.5 Å². The van der Waals surface area contributed by atoms with Crippen LogP contribution in [0, 0.1) is 0 Å².